The van der Waals surface area contributed by atoms with E-state index in [1.54, 1.807) is 7.11 Å². The lowest BCUT2D eigenvalue weighted by molar-refractivity contribution is 0.0277. The number of alkyl halides is 1. The van der Waals surface area contributed by atoms with Crippen LogP contribution in [-0.2, 0) is 0 Å². The maximum Gasteiger partial charge on any atom is 0.258 e. The molecule has 1 aliphatic heterocycles. The number of likely N-dealkylation sites (tertiary alicyclic amines) is 1. The highest BCUT2D eigenvalue weighted by atomic mass is 35.5. The molecule has 0 spiro atoms. The van der Waals surface area contributed by atoms with Crippen molar-refractivity contribution in [3.8, 4) is 5.75 Å². The van der Waals surface area contributed by atoms with Crippen molar-refractivity contribution in [3.63, 3.8) is 0 Å². The Bertz CT molecular complexity index is 809. The van der Waals surface area contributed by atoms with Gasteiger partial charge in [0.05, 0.1) is 23.6 Å². The lowest BCUT2D eigenvalue weighted by atomic mass is 9.68. The quantitative estimate of drug-likeness (QED) is 0.659. The first-order chi connectivity index (χ1) is 13.1. The number of halogens is 1. The van der Waals surface area contributed by atoms with Gasteiger partial charge >= 0.3 is 0 Å². The molecule has 0 N–H and O–H groups in total. The Morgan fingerprint density at radius 1 is 1.07 bits per heavy atom. The topological polar surface area (TPSA) is 29.5 Å². The zero-order valence-electron chi connectivity index (χ0n) is 15.7. The fourth-order valence-corrected chi connectivity index (χ4v) is 5.35. The molecule has 1 saturated heterocycles. The molecule has 0 aromatic heterocycles. The number of hydrogen-bond donors (Lipinski definition) is 0. The van der Waals surface area contributed by atoms with Gasteiger partial charge in [0.15, 0.2) is 0 Å². The molecule has 3 atom stereocenters. The van der Waals surface area contributed by atoms with Crippen molar-refractivity contribution in [2.75, 3.05) is 13.7 Å². The van der Waals surface area contributed by atoms with Crippen LogP contribution in [-0.4, -0.2) is 29.3 Å². The summed E-state index contributed by atoms with van der Waals surface area (Å²) in [6, 6.07) is 17.9. The number of piperidine rings is 1. The molecule has 27 heavy (non-hydrogen) atoms. The molecule has 1 amide bonds. The fourth-order valence-electron chi connectivity index (χ4n) is 4.91. The molecule has 4 rings (SSSR count). The van der Waals surface area contributed by atoms with Gasteiger partial charge in [-0.1, -0.05) is 55.3 Å². The summed E-state index contributed by atoms with van der Waals surface area (Å²) in [6.45, 7) is 0.677. The second kappa shape index (κ2) is 7.55. The first kappa shape index (κ1) is 18.4. The summed E-state index contributed by atoms with van der Waals surface area (Å²) in [7, 11) is 1.61. The number of ether oxygens (including phenoxy) is 1. The summed E-state index contributed by atoms with van der Waals surface area (Å²) in [5.74, 6) is 0.939. The Balaban J connectivity index is 1.75. The highest BCUT2D eigenvalue weighted by Gasteiger charge is 2.50. The van der Waals surface area contributed by atoms with Crippen molar-refractivity contribution in [2.45, 2.75) is 43.0 Å². The number of para-hydroxylation sites is 1. The number of nitrogens with zero attached hydrogens (tertiary/aromatic N) is 1. The third-order valence-electron chi connectivity index (χ3n) is 6.25. The van der Waals surface area contributed by atoms with Crippen LogP contribution < -0.4 is 4.74 Å². The third kappa shape index (κ3) is 3.34. The fraction of sp³-hybridized carbons (Fsp3) is 0.435. The van der Waals surface area contributed by atoms with E-state index in [1.807, 2.05) is 35.2 Å². The zero-order valence-corrected chi connectivity index (χ0v) is 16.5. The van der Waals surface area contributed by atoms with Gasteiger partial charge in [-0.2, -0.15) is 0 Å². The number of hydrogen-bond acceptors (Lipinski definition) is 2. The SMILES string of the molecule is COc1ccccc1C(=O)N1CC[C@@]2(Cl)CCCC[C@H]2[C@@H]1c1ccccc1. The maximum absolute atomic E-state index is 13.5. The van der Waals surface area contributed by atoms with Crippen LogP contribution in [0.2, 0.25) is 0 Å². The first-order valence-electron chi connectivity index (χ1n) is 9.82. The van der Waals surface area contributed by atoms with Crippen LogP contribution >= 0.6 is 11.6 Å². The average Bonchev–Trinajstić information content (AvgIpc) is 2.72. The lowest BCUT2D eigenvalue weighted by Crippen LogP contribution is -2.53. The van der Waals surface area contributed by atoms with Crippen molar-refractivity contribution in [2.24, 2.45) is 5.92 Å². The number of amides is 1. The summed E-state index contributed by atoms with van der Waals surface area (Å²) in [5, 5.41) is 0. The molecule has 2 fully saturated rings. The van der Waals surface area contributed by atoms with Gasteiger partial charge in [-0.3, -0.25) is 4.79 Å². The van der Waals surface area contributed by atoms with Gasteiger partial charge in [0, 0.05) is 12.5 Å². The minimum atomic E-state index is -0.198. The van der Waals surface area contributed by atoms with Crippen LogP contribution in [0.15, 0.2) is 54.6 Å². The number of fused-ring (bicyclic) bond motifs is 1. The molecule has 3 nitrogen and oxygen atoms in total. The molecule has 0 bridgehead atoms. The van der Waals surface area contributed by atoms with Gasteiger partial charge in [0.1, 0.15) is 5.75 Å². The number of carbonyl (C=O) groups excluding carboxylic acids is 1. The number of rotatable bonds is 3. The van der Waals surface area contributed by atoms with Crippen molar-refractivity contribution in [1.29, 1.82) is 0 Å². The van der Waals surface area contributed by atoms with Crippen LogP contribution in [0.25, 0.3) is 0 Å². The Morgan fingerprint density at radius 2 is 1.81 bits per heavy atom. The van der Waals surface area contributed by atoms with Gasteiger partial charge in [0.2, 0.25) is 0 Å². The van der Waals surface area contributed by atoms with Crippen molar-refractivity contribution >= 4 is 17.5 Å². The van der Waals surface area contributed by atoms with E-state index >= 15 is 0 Å². The molecule has 2 aromatic rings. The predicted molar refractivity (Wildman–Crippen MR) is 108 cm³/mol. The maximum atomic E-state index is 13.5. The summed E-state index contributed by atoms with van der Waals surface area (Å²) in [4.78, 5) is 15.4. The first-order valence-corrected chi connectivity index (χ1v) is 10.2. The van der Waals surface area contributed by atoms with Crippen molar-refractivity contribution in [1.82, 2.24) is 4.90 Å². The Kier molecular flexibility index (Phi) is 5.14. The molecule has 0 unspecified atom stereocenters. The highest BCUT2D eigenvalue weighted by Crippen LogP contribution is 2.53. The summed E-state index contributed by atoms with van der Waals surface area (Å²) >= 11 is 7.13. The Morgan fingerprint density at radius 3 is 2.59 bits per heavy atom. The minimum absolute atomic E-state index is 0.00941. The third-order valence-corrected chi connectivity index (χ3v) is 6.90. The summed E-state index contributed by atoms with van der Waals surface area (Å²) in [5.41, 5.74) is 1.80. The Labute approximate surface area is 166 Å². The van der Waals surface area contributed by atoms with Crippen molar-refractivity contribution < 1.29 is 9.53 Å². The summed E-state index contributed by atoms with van der Waals surface area (Å²) < 4.78 is 5.45. The van der Waals surface area contributed by atoms with Crippen LogP contribution in [0.4, 0.5) is 0 Å². The van der Waals surface area contributed by atoms with Gasteiger partial charge in [-0.25, -0.2) is 0 Å². The zero-order chi connectivity index (χ0) is 18.9. The largest absolute Gasteiger partial charge is 0.496 e. The molecule has 1 aliphatic carbocycles. The molecule has 142 valence electrons. The smallest absolute Gasteiger partial charge is 0.258 e. The molecular weight excluding hydrogens is 358 g/mol. The van der Waals surface area contributed by atoms with E-state index in [1.165, 1.54) is 18.4 Å². The molecule has 1 heterocycles. The number of benzene rings is 2. The van der Waals surface area contributed by atoms with Crippen molar-refractivity contribution in [3.05, 3.63) is 65.7 Å². The van der Waals surface area contributed by atoms with Gasteiger partial charge in [-0.05, 0) is 37.0 Å². The van der Waals surface area contributed by atoms with Crippen LogP contribution in [0.3, 0.4) is 0 Å². The second-order valence-corrected chi connectivity index (χ2v) is 8.44. The lowest BCUT2D eigenvalue weighted by Gasteiger charge is -2.52. The molecule has 2 aliphatic rings. The van der Waals surface area contributed by atoms with Gasteiger partial charge in [0.25, 0.3) is 5.91 Å². The molecular formula is C23H26ClNO2. The average molecular weight is 384 g/mol. The van der Waals surface area contributed by atoms with Crippen LogP contribution in [0, 0.1) is 5.92 Å². The predicted octanol–water partition coefficient (Wildman–Crippen LogP) is 5.45. The van der Waals surface area contributed by atoms with E-state index in [9.17, 15) is 4.79 Å². The normalized spacial score (nSPS) is 27.7. The number of carbonyl (C=O) groups is 1. The van der Waals surface area contributed by atoms with E-state index in [2.05, 4.69) is 24.3 Å². The highest BCUT2D eigenvalue weighted by molar-refractivity contribution is 6.24. The molecule has 0 radical (unpaired) electrons. The number of methoxy groups -OCH3 is 1. The van der Waals surface area contributed by atoms with Crippen LogP contribution in [0.5, 0.6) is 5.75 Å². The van der Waals surface area contributed by atoms with E-state index in [0.717, 1.165) is 19.3 Å². The Hall–Kier alpha value is -2.00. The standard InChI is InChI=1S/C23H26ClNO2/c1-27-20-13-6-5-11-18(20)22(26)25-16-15-23(24)14-8-7-12-19(23)21(25)17-9-3-2-4-10-17/h2-6,9-11,13,19,21H,7-8,12,14-16H2,1H3/t19-,21-,23-/m0/s1. The monoisotopic (exact) mass is 383 g/mol. The molecule has 2 aromatic carbocycles. The summed E-state index contributed by atoms with van der Waals surface area (Å²) in [6.07, 6.45) is 5.32. The van der Waals surface area contributed by atoms with E-state index in [4.69, 9.17) is 16.3 Å². The van der Waals surface area contributed by atoms with E-state index in [0.29, 0.717) is 17.9 Å². The van der Waals surface area contributed by atoms with Gasteiger partial charge < -0.3 is 9.64 Å². The van der Waals surface area contributed by atoms with Crippen LogP contribution in [0.1, 0.15) is 54.1 Å². The van der Waals surface area contributed by atoms with Gasteiger partial charge in [-0.15, -0.1) is 11.6 Å². The molecule has 1 saturated carbocycles. The minimum Gasteiger partial charge on any atom is -0.496 e. The second-order valence-electron chi connectivity index (χ2n) is 7.69. The van der Waals surface area contributed by atoms with E-state index < -0.39 is 0 Å². The molecule has 4 heteroatoms. The van der Waals surface area contributed by atoms with E-state index in [-0.39, 0.29) is 22.7 Å².